The van der Waals surface area contributed by atoms with E-state index in [1.807, 2.05) is 26.1 Å². The highest BCUT2D eigenvalue weighted by Crippen LogP contribution is 2.33. The molecule has 1 fully saturated rings. The fraction of sp³-hybridized carbons (Fsp3) is 0.611. The molecule has 3 nitrogen and oxygen atoms in total. The van der Waals surface area contributed by atoms with E-state index in [2.05, 4.69) is 17.2 Å². The fourth-order valence-electron chi connectivity index (χ4n) is 2.11. The molecule has 1 aliphatic rings. The Morgan fingerprint density at radius 1 is 1.41 bits per heavy atom. The molecule has 22 heavy (non-hydrogen) atoms. The number of allylic oxidation sites excluding steroid dienone is 4. The summed E-state index contributed by atoms with van der Waals surface area (Å²) in [6, 6.07) is 0. The second-order valence-electron chi connectivity index (χ2n) is 5.75. The quantitative estimate of drug-likeness (QED) is 0.593. The van der Waals surface area contributed by atoms with Crippen LogP contribution >= 0.6 is 0 Å². The molecule has 0 spiro atoms. The van der Waals surface area contributed by atoms with Crippen LogP contribution in [0.25, 0.3) is 0 Å². The summed E-state index contributed by atoms with van der Waals surface area (Å²) in [5.41, 5.74) is 8.89. The molecule has 0 amide bonds. The zero-order valence-electron chi connectivity index (χ0n) is 14.2. The zero-order chi connectivity index (χ0) is 16.4. The minimum absolute atomic E-state index is 0.105. The number of nitrogens with two attached hydrogens (primary N) is 1. The van der Waals surface area contributed by atoms with E-state index in [9.17, 15) is 4.39 Å². The zero-order valence-corrected chi connectivity index (χ0v) is 14.2. The lowest BCUT2D eigenvalue weighted by Crippen LogP contribution is -2.06. The number of rotatable bonds is 10. The van der Waals surface area contributed by atoms with E-state index in [0.717, 1.165) is 36.4 Å². The predicted molar refractivity (Wildman–Crippen MR) is 93.4 cm³/mol. The molecule has 0 heterocycles. The second kappa shape index (κ2) is 10.2. The molecule has 0 aromatic carbocycles. The second-order valence-corrected chi connectivity index (χ2v) is 5.75. The van der Waals surface area contributed by atoms with Crippen molar-refractivity contribution in [2.24, 2.45) is 16.6 Å². The first-order valence-electron chi connectivity index (χ1n) is 8.28. The smallest absolute Gasteiger partial charge is 0.118 e. The molecule has 0 aliphatic heterocycles. The summed E-state index contributed by atoms with van der Waals surface area (Å²) in [5.74, 6) is 0.335. The Morgan fingerprint density at radius 3 is 2.68 bits per heavy atom. The minimum Gasteiger partial charge on any atom is -0.402 e. The molecule has 0 radical (unpaired) electrons. The van der Waals surface area contributed by atoms with Gasteiger partial charge in [-0.1, -0.05) is 19.4 Å². The van der Waals surface area contributed by atoms with Crippen LogP contribution in [-0.2, 0) is 0 Å². The van der Waals surface area contributed by atoms with Gasteiger partial charge in [-0.15, -0.1) is 0 Å². The highest BCUT2D eigenvalue weighted by molar-refractivity contribution is 5.95. The molecule has 1 saturated carbocycles. The number of halogens is 1. The van der Waals surface area contributed by atoms with Gasteiger partial charge in [0.2, 0.25) is 0 Å². The molecule has 0 unspecified atom stereocenters. The van der Waals surface area contributed by atoms with Crippen LogP contribution < -0.4 is 11.1 Å². The third kappa shape index (κ3) is 7.43. The van der Waals surface area contributed by atoms with Crippen LogP contribution in [-0.4, -0.2) is 19.3 Å². The Labute approximate surface area is 134 Å². The summed E-state index contributed by atoms with van der Waals surface area (Å²) >= 11 is 0. The third-order valence-electron chi connectivity index (χ3n) is 3.81. The van der Waals surface area contributed by atoms with Gasteiger partial charge in [0.15, 0.2) is 0 Å². The molecule has 1 aliphatic carbocycles. The van der Waals surface area contributed by atoms with Gasteiger partial charge in [0.25, 0.3) is 0 Å². The van der Waals surface area contributed by atoms with Crippen LogP contribution in [0.15, 0.2) is 40.4 Å². The summed E-state index contributed by atoms with van der Waals surface area (Å²) in [6.07, 6.45) is 11.4. The standard InChI is InChI=1S/C18H30FN3/c1-4-6-7-17(12-18(20)14-8-9-14)22-13-15(19)10-11-16(5-2)21-3/h5,10,12,14,21H,4,6-9,11,13,20H2,1-3H3/b15-10+,16-5+,18-12?,22-17?. The van der Waals surface area contributed by atoms with E-state index in [1.54, 1.807) is 6.08 Å². The van der Waals surface area contributed by atoms with Crippen LogP contribution in [0.1, 0.15) is 52.4 Å². The lowest BCUT2D eigenvalue weighted by molar-refractivity contribution is 0.613. The number of hydrogen-bond donors (Lipinski definition) is 2. The Kier molecular flexibility index (Phi) is 8.56. The lowest BCUT2D eigenvalue weighted by Gasteiger charge is -2.04. The average molecular weight is 307 g/mol. The van der Waals surface area contributed by atoms with Gasteiger partial charge in [-0.2, -0.15) is 0 Å². The molecule has 0 aromatic rings. The summed E-state index contributed by atoms with van der Waals surface area (Å²) in [4.78, 5) is 4.42. The molecule has 3 N–H and O–H groups in total. The maximum atomic E-state index is 13.9. The molecule has 0 atom stereocenters. The lowest BCUT2D eigenvalue weighted by atomic mass is 10.1. The molecular weight excluding hydrogens is 277 g/mol. The average Bonchev–Trinajstić information content (AvgIpc) is 3.35. The molecule has 124 valence electrons. The van der Waals surface area contributed by atoms with Crippen LogP contribution in [0, 0.1) is 5.92 Å². The van der Waals surface area contributed by atoms with Gasteiger partial charge >= 0.3 is 0 Å². The maximum Gasteiger partial charge on any atom is 0.118 e. The Hall–Kier alpha value is -1.58. The van der Waals surface area contributed by atoms with Gasteiger partial charge in [-0.05, 0) is 50.7 Å². The number of unbranched alkanes of at least 4 members (excludes halogenated alkanes) is 1. The normalized spacial score (nSPS) is 17.8. The van der Waals surface area contributed by atoms with E-state index in [0.29, 0.717) is 12.3 Å². The van der Waals surface area contributed by atoms with Crippen molar-refractivity contribution < 1.29 is 4.39 Å². The highest BCUT2D eigenvalue weighted by atomic mass is 19.1. The summed E-state index contributed by atoms with van der Waals surface area (Å²) in [5, 5.41) is 3.03. The van der Waals surface area contributed by atoms with Crippen molar-refractivity contribution in [3.05, 3.63) is 35.4 Å². The number of nitrogens with zero attached hydrogens (tertiary/aromatic N) is 1. The van der Waals surface area contributed by atoms with Crippen LogP contribution in [0.3, 0.4) is 0 Å². The summed E-state index contributed by atoms with van der Waals surface area (Å²) in [7, 11) is 1.84. The van der Waals surface area contributed by atoms with Crippen molar-refractivity contribution in [2.45, 2.75) is 52.4 Å². The van der Waals surface area contributed by atoms with Crippen LogP contribution in [0.5, 0.6) is 0 Å². The first-order valence-corrected chi connectivity index (χ1v) is 8.28. The van der Waals surface area contributed by atoms with E-state index in [4.69, 9.17) is 5.73 Å². The predicted octanol–water partition coefficient (Wildman–Crippen LogP) is 4.24. The highest BCUT2D eigenvalue weighted by Gasteiger charge is 2.24. The fourth-order valence-corrected chi connectivity index (χ4v) is 2.11. The first-order chi connectivity index (χ1) is 10.6. The molecule has 0 aromatic heterocycles. The van der Waals surface area contributed by atoms with Gasteiger partial charge in [0.1, 0.15) is 5.83 Å². The number of aliphatic imine (C=N–C) groups is 1. The maximum absolute atomic E-state index is 13.9. The first kappa shape index (κ1) is 18.5. The molecule has 0 bridgehead atoms. The van der Waals surface area contributed by atoms with Gasteiger partial charge < -0.3 is 11.1 Å². The van der Waals surface area contributed by atoms with Crippen LogP contribution in [0.2, 0.25) is 0 Å². The summed E-state index contributed by atoms with van der Waals surface area (Å²) < 4.78 is 13.9. The van der Waals surface area contributed by atoms with Crippen LogP contribution in [0.4, 0.5) is 4.39 Å². The van der Waals surface area contributed by atoms with Gasteiger partial charge in [-0.3, -0.25) is 4.99 Å². The summed E-state index contributed by atoms with van der Waals surface area (Å²) in [6.45, 7) is 4.18. The Balaban J connectivity index is 2.62. The Bertz CT molecular complexity index is 457. The van der Waals surface area contributed by atoms with Crippen molar-refractivity contribution >= 4 is 5.71 Å². The van der Waals surface area contributed by atoms with Gasteiger partial charge in [-0.25, -0.2) is 4.39 Å². The van der Waals surface area contributed by atoms with E-state index < -0.39 is 0 Å². The van der Waals surface area contributed by atoms with E-state index in [-0.39, 0.29) is 12.4 Å². The number of hydrogen-bond acceptors (Lipinski definition) is 3. The third-order valence-corrected chi connectivity index (χ3v) is 3.81. The van der Waals surface area contributed by atoms with Gasteiger partial charge in [0.05, 0.1) is 6.54 Å². The van der Waals surface area contributed by atoms with Crippen molar-refractivity contribution in [3.8, 4) is 0 Å². The van der Waals surface area contributed by atoms with E-state index in [1.165, 1.54) is 12.8 Å². The molecule has 0 saturated heterocycles. The molecule has 1 rings (SSSR count). The largest absolute Gasteiger partial charge is 0.402 e. The van der Waals surface area contributed by atoms with Crippen molar-refractivity contribution in [3.63, 3.8) is 0 Å². The van der Waals surface area contributed by atoms with Crippen molar-refractivity contribution in [2.75, 3.05) is 13.6 Å². The molecule has 4 heteroatoms. The SMILES string of the molecule is C/C=C(\C/C=C(/F)CN=C(C=C(N)C1CC1)CCCC)NC. The van der Waals surface area contributed by atoms with Crippen molar-refractivity contribution in [1.29, 1.82) is 0 Å². The topological polar surface area (TPSA) is 50.4 Å². The van der Waals surface area contributed by atoms with Crippen molar-refractivity contribution in [1.82, 2.24) is 5.32 Å². The molecular formula is C18H30FN3. The van der Waals surface area contributed by atoms with Gasteiger partial charge in [0, 0.05) is 30.6 Å². The minimum atomic E-state index is -0.193. The monoisotopic (exact) mass is 307 g/mol. The van der Waals surface area contributed by atoms with E-state index >= 15 is 0 Å². The Morgan fingerprint density at radius 2 is 2.14 bits per heavy atom. The number of nitrogens with one attached hydrogen (secondary N) is 1.